The van der Waals surface area contributed by atoms with E-state index in [0.29, 0.717) is 30.8 Å². The number of ether oxygens (including phenoxy) is 5. The number of nitrogens with zero attached hydrogens (tertiary/aromatic N) is 1. The van der Waals surface area contributed by atoms with E-state index in [4.69, 9.17) is 23.7 Å². The number of benzene rings is 2. The Hall–Kier alpha value is -2.93. The van der Waals surface area contributed by atoms with Gasteiger partial charge in [0.2, 0.25) is 12.5 Å². The summed E-state index contributed by atoms with van der Waals surface area (Å²) in [7, 11) is 9.27. The number of Topliss-reactive ketones (excluding diaryl/α,β-unsaturated/α-hetero) is 1. The van der Waals surface area contributed by atoms with Crippen molar-refractivity contribution in [3.05, 3.63) is 41.0 Å². The van der Waals surface area contributed by atoms with Crippen molar-refractivity contribution in [2.75, 3.05) is 48.8 Å². The minimum atomic E-state index is -0.00605. The van der Waals surface area contributed by atoms with E-state index in [1.807, 2.05) is 32.0 Å². The van der Waals surface area contributed by atoms with Crippen molar-refractivity contribution in [1.29, 1.82) is 0 Å². The predicted octanol–water partition coefficient (Wildman–Crippen LogP) is 6.54. The molecule has 0 aliphatic carbocycles. The summed E-state index contributed by atoms with van der Waals surface area (Å²) in [6.45, 7) is 9.50. The Labute approximate surface area is 229 Å². The molecule has 38 heavy (non-hydrogen) atoms. The number of methoxy groups -OCH3 is 3. The molecule has 0 aromatic heterocycles. The van der Waals surface area contributed by atoms with E-state index in [1.54, 1.807) is 21.3 Å². The fourth-order valence-corrected chi connectivity index (χ4v) is 4.77. The molecule has 2 aliphatic heterocycles. The number of unbranched alkanes of at least 4 members (excludes halogenated alkanes) is 1. The molecule has 0 amide bonds. The van der Waals surface area contributed by atoms with E-state index >= 15 is 0 Å². The highest BCUT2D eigenvalue weighted by molar-refractivity contribution is 5.80. The summed E-state index contributed by atoms with van der Waals surface area (Å²) in [6, 6.07) is 7.76. The largest absolute Gasteiger partial charge is 0.497 e. The van der Waals surface area contributed by atoms with E-state index in [9.17, 15) is 4.79 Å². The molecule has 0 bridgehead atoms. The van der Waals surface area contributed by atoms with Crippen LogP contribution in [0, 0.1) is 0 Å². The average molecular weight is 531 g/mol. The monoisotopic (exact) mass is 530 g/mol. The summed E-state index contributed by atoms with van der Waals surface area (Å²) in [5.74, 6) is 3.77. The number of fused-ring (bicyclic) bond motifs is 2. The van der Waals surface area contributed by atoms with E-state index in [1.165, 1.54) is 18.4 Å². The second kappa shape index (κ2) is 14.9. The van der Waals surface area contributed by atoms with Crippen LogP contribution in [0.3, 0.4) is 0 Å². The minimum Gasteiger partial charge on any atom is -0.497 e. The maximum absolute atomic E-state index is 13.2. The topological polar surface area (TPSA) is 63.2 Å². The minimum absolute atomic E-state index is 0.00605. The Morgan fingerprint density at radius 3 is 2.32 bits per heavy atom. The molecule has 0 fully saturated rings. The Morgan fingerprint density at radius 2 is 1.71 bits per heavy atom. The Kier molecular flexibility index (Phi) is 12.2. The first-order valence-electron chi connectivity index (χ1n) is 13.8. The quantitative estimate of drug-likeness (QED) is 0.343. The van der Waals surface area contributed by atoms with E-state index in [2.05, 4.69) is 34.0 Å². The van der Waals surface area contributed by atoms with Crippen molar-refractivity contribution >= 4 is 5.78 Å². The Balaban J connectivity index is 0.000000773. The maximum Gasteiger partial charge on any atom is 0.231 e. The summed E-state index contributed by atoms with van der Waals surface area (Å²) >= 11 is 0. The molecule has 7 heteroatoms. The van der Waals surface area contributed by atoms with Gasteiger partial charge in [-0.05, 0) is 29.7 Å². The number of likely N-dealkylation sites (N-methyl/N-ethyl adjacent to an activating group) is 1. The standard InChI is InChI=1S/C25H32NO6.C4H10.C2H6/c1-26(2)11-10-17-12-22-24(32-15-31-22)25(30-5)23(17)20(26)13-18(27)8-6-16-7-9-19(28-3)14-21(16)29-4;1-3-4-2;1-2/h7,9,12,14,20H,6,8,10-11,13,15H2,1-5H3;3-4H2,1-2H3;1-2H3/q+1;;. The van der Waals surface area contributed by atoms with Crippen molar-refractivity contribution in [2.24, 2.45) is 0 Å². The lowest BCUT2D eigenvalue weighted by Crippen LogP contribution is -2.48. The van der Waals surface area contributed by atoms with Gasteiger partial charge in [0.15, 0.2) is 11.5 Å². The van der Waals surface area contributed by atoms with Crippen LogP contribution in [0.2, 0.25) is 0 Å². The first-order valence-corrected chi connectivity index (χ1v) is 13.8. The number of hydrogen-bond donors (Lipinski definition) is 0. The van der Waals surface area contributed by atoms with Crippen LogP contribution in [0.15, 0.2) is 24.3 Å². The van der Waals surface area contributed by atoms with Crippen LogP contribution < -0.4 is 23.7 Å². The van der Waals surface area contributed by atoms with Gasteiger partial charge >= 0.3 is 0 Å². The van der Waals surface area contributed by atoms with Gasteiger partial charge in [-0.1, -0.05) is 46.6 Å². The number of hydrogen-bond acceptors (Lipinski definition) is 6. The van der Waals surface area contributed by atoms with Crippen molar-refractivity contribution < 1.29 is 33.0 Å². The zero-order chi connectivity index (χ0) is 28.3. The summed E-state index contributed by atoms with van der Waals surface area (Å²) in [5.41, 5.74) is 3.25. The van der Waals surface area contributed by atoms with Crippen molar-refractivity contribution in [2.45, 2.75) is 72.3 Å². The first-order chi connectivity index (χ1) is 18.3. The van der Waals surface area contributed by atoms with Gasteiger partial charge in [-0.15, -0.1) is 0 Å². The number of carbonyl (C=O) groups excluding carboxylic acids is 1. The average Bonchev–Trinajstić information content (AvgIpc) is 3.41. The van der Waals surface area contributed by atoms with Gasteiger partial charge in [0, 0.05) is 18.9 Å². The number of carbonyl (C=O) groups is 1. The van der Waals surface area contributed by atoms with Crippen LogP contribution in [-0.4, -0.2) is 59.0 Å². The maximum atomic E-state index is 13.2. The molecule has 1 unspecified atom stereocenters. The van der Waals surface area contributed by atoms with Gasteiger partial charge in [-0.2, -0.15) is 0 Å². The van der Waals surface area contributed by atoms with Crippen LogP contribution >= 0.6 is 0 Å². The van der Waals surface area contributed by atoms with E-state index in [0.717, 1.165) is 45.8 Å². The molecule has 0 saturated carbocycles. The molecule has 2 aromatic carbocycles. The van der Waals surface area contributed by atoms with Crippen molar-refractivity contribution in [3.8, 4) is 28.7 Å². The van der Waals surface area contributed by atoms with Crippen molar-refractivity contribution in [1.82, 2.24) is 0 Å². The fourth-order valence-electron chi connectivity index (χ4n) is 4.77. The molecule has 7 nitrogen and oxygen atoms in total. The zero-order valence-electron chi connectivity index (χ0n) is 24.9. The van der Waals surface area contributed by atoms with Crippen LogP contribution in [-0.2, 0) is 17.6 Å². The molecule has 0 radical (unpaired) electrons. The van der Waals surface area contributed by atoms with Gasteiger partial charge < -0.3 is 28.2 Å². The highest BCUT2D eigenvalue weighted by Gasteiger charge is 2.42. The lowest BCUT2D eigenvalue weighted by molar-refractivity contribution is -0.922. The van der Waals surface area contributed by atoms with Crippen LogP contribution in [0.1, 0.15) is 76.1 Å². The fraction of sp³-hybridized carbons (Fsp3) is 0.581. The SMILES string of the molecule is CC.CCCC.COc1ccc(CCC(=O)CC2c3c(cc4c(c3OC)OCO4)CC[N+]2(C)C)c(OC)c1. The number of quaternary nitrogens is 1. The molecule has 1 atom stereocenters. The highest BCUT2D eigenvalue weighted by atomic mass is 16.7. The molecule has 0 N–H and O–H groups in total. The Morgan fingerprint density at radius 1 is 1.00 bits per heavy atom. The second-order valence-electron chi connectivity index (χ2n) is 9.91. The van der Waals surface area contributed by atoms with Gasteiger partial charge in [0.05, 0.1) is 54.0 Å². The molecular weight excluding hydrogens is 482 g/mol. The van der Waals surface area contributed by atoms with E-state index in [-0.39, 0.29) is 18.6 Å². The first kappa shape index (κ1) is 31.3. The molecule has 0 saturated heterocycles. The summed E-state index contributed by atoms with van der Waals surface area (Å²) < 4.78 is 28.6. The van der Waals surface area contributed by atoms with E-state index < -0.39 is 0 Å². The molecule has 2 aliphatic rings. The summed E-state index contributed by atoms with van der Waals surface area (Å²) in [5, 5.41) is 0. The second-order valence-corrected chi connectivity index (χ2v) is 9.91. The van der Waals surface area contributed by atoms with Gasteiger partial charge in [-0.25, -0.2) is 0 Å². The van der Waals surface area contributed by atoms with Gasteiger partial charge in [0.25, 0.3) is 0 Å². The smallest absolute Gasteiger partial charge is 0.231 e. The molecule has 0 spiro atoms. The van der Waals surface area contributed by atoms with Gasteiger partial charge in [-0.3, -0.25) is 4.79 Å². The zero-order valence-corrected chi connectivity index (χ0v) is 24.9. The molecule has 212 valence electrons. The number of aryl methyl sites for hydroxylation is 1. The third-order valence-electron chi connectivity index (χ3n) is 7.17. The van der Waals surface area contributed by atoms with Crippen LogP contribution in [0.25, 0.3) is 0 Å². The highest BCUT2D eigenvalue weighted by Crippen LogP contribution is 2.51. The number of ketones is 1. The molecule has 4 rings (SSSR count). The Bertz CT molecular complexity index is 1050. The lowest BCUT2D eigenvalue weighted by atomic mass is 9.86. The lowest BCUT2D eigenvalue weighted by Gasteiger charge is -2.43. The third-order valence-corrected chi connectivity index (χ3v) is 7.17. The van der Waals surface area contributed by atoms with Crippen LogP contribution in [0.5, 0.6) is 28.7 Å². The number of rotatable bonds is 9. The summed E-state index contributed by atoms with van der Waals surface area (Å²) in [4.78, 5) is 13.2. The van der Waals surface area contributed by atoms with Gasteiger partial charge in [0.1, 0.15) is 23.3 Å². The third kappa shape index (κ3) is 7.34. The normalized spacial score (nSPS) is 16.2. The van der Waals surface area contributed by atoms with Crippen molar-refractivity contribution in [3.63, 3.8) is 0 Å². The molecular formula is C31H48NO6+. The summed E-state index contributed by atoms with van der Waals surface area (Å²) in [6.07, 6.45) is 5.05. The molecule has 2 heterocycles. The molecule has 2 aromatic rings. The predicted molar refractivity (Wildman–Crippen MR) is 152 cm³/mol. The van der Waals surface area contributed by atoms with Crippen LogP contribution in [0.4, 0.5) is 0 Å².